The molecule has 0 spiro atoms. The number of rotatable bonds is 2. The zero-order valence-electron chi connectivity index (χ0n) is 11.8. The monoisotopic (exact) mass is 288 g/mol. The van der Waals surface area contributed by atoms with Gasteiger partial charge in [-0.05, 0) is 61.7 Å². The Kier molecular flexibility index (Phi) is 4.30. The van der Waals surface area contributed by atoms with Crippen molar-refractivity contribution in [2.24, 2.45) is 0 Å². The lowest BCUT2D eigenvalue weighted by atomic mass is 10.1. The Labute approximate surface area is 124 Å². The number of amides is 2. The number of anilines is 2. The first-order valence-electron chi connectivity index (χ1n) is 6.37. The Bertz CT molecular complexity index is 597. The predicted octanol–water partition coefficient (Wildman–Crippen LogP) is 4.91. The zero-order valence-corrected chi connectivity index (χ0v) is 12.5. The summed E-state index contributed by atoms with van der Waals surface area (Å²) in [6, 6.07) is 10.9. The van der Waals surface area contributed by atoms with E-state index >= 15 is 0 Å². The maximum Gasteiger partial charge on any atom is 0.323 e. The summed E-state index contributed by atoms with van der Waals surface area (Å²) in [5.74, 6) is 0. The van der Waals surface area contributed by atoms with Crippen molar-refractivity contribution in [1.29, 1.82) is 0 Å². The number of aryl methyl sites for hydroxylation is 3. The van der Waals surface area contributed by atoms with Gasteiger partial charge in [0.25, 0.3) is 0 Å². The molecule has 2 aromatic rings. The fraction of sp³-hybridized carbons (Fsp3) is 0.188. The third kappa shape index (κ3) is 3.52. The van der Waals surface area contributed by atoms with Crippen molar-refractivity contribution in [1.82, 2.24) is 0 Å². The molecule has 0 bridgehead atoms. The first-order valence-corrected chi connectivity index (χ1v) is 6.75. The Hall–Kier alpha value is -2.00. The van der Waals surface area contributed by atoms with E-state index in [2.05, 4.69) is 10.6 Å². The average Bonchev–Trinajstić information content (AvgIpc) is 2.38. The number of halogens is 1. The smallest absolute Gasteiger partial charge is 0.308 e. The van der Waals surface area contributed by atoms with Crippen LogP contribution in [0.2, 0.25) is 5.02 Å². The molecule has 2 rings (SSSR count). The quantitative estimate of drug-likeness (QED) is 0.810. The molecule has 2 N–H and O–H groups in total. The van der Waals surface area contributed by atoms with Crippen LogP contribution >= 0.6 is 11.6 Å². The molecule has 0 unspecified atom stereocenters. The van der Waals surface area contributed by atoms with Crippen LogP contribution < -0.4 is 10.6 Å². The molecule has 0 aliphatic rings. The van der Waals surface area contributed by atoms with Gasteiger partial charge in [0.1, 0.15) is 0 Å². The van der Waals surface area contributed by atoms with Crippen LogP contribution in [0.5, 0.6) is 0 Å². The van der Waals surface area contributed by atoms with Crippen LogP contribution in [0, 0.1) is 20.8 Å². The topological polar surface area (TPSA) is 41.1 Å². The van der Waals surface area contributed by atoms with E-state index < -0.39 is 0 Å². The first kappa shape index (κ1) is 14.4. The molecule has 4 heteroatoms. The number of hydrogen-bond donors (Lipinski definition) is 2. The lowest BCUT2D eigenvalue weighted by Gasteiger charge is -2.10. The summed E-state index contributed by atoms with van der Waals surface area (Å²) >= 11 is 6.02. The van der Waals surface area contributed by atoms with Gasteiger partial charge in [-0.25, -0.2) is 4.79 Å². The van der Waals surface area contributed by atoms with Crippen molar-refractivity contribution in [2.45, 2.75) is 20.8 Å². The summed E-state index contributed by atoms with van der Waals surface area (Å²) < 4.78 is 0. The second-order valence-electron chi connectivity index (χ2n) is 4.84. The molecule has 0 heterocycles. The van der Waals surface area contributed by atoms with Gasteiger partial charge < -0.3 is 10.6 Å². The van der Waals surface area contributed by atoms with E-state index in [-0.39, 0.29) is 6.03 Å². The van der Waals surface area contributed by atoms with Crippen molar-refractivity contribution in [3.05, 3.63) is 58.1 Å². The largest absolute Gasteiger partial charge is 0.323 e. The van der Waals surface area contributed by atoms with Crippen LogP contribution in [0.4, 0.5) is 16.2 Å². The second kappa shape index (κ2) is 5.97. The molecule has 0 saturated carbocycles. The molecule has 0 saturated heterocycles. The molecule has 0 aliphatic carbocycles. The van der Waals surface area contributed by atoms with Crippen molar-refractivity contribution in [3.8, 4) is 0 Å². The third-order valence-corrected chi connectivity index (χ3v) is 3.60. The molecule has 104 valence electrons. The van der Waals surface area contributed by atoms with E-state index in [4.69, 9.17) is 11.6 Å². The van der Waals surface area contributed by atoms with Crippen LogP contribution in [0.1, 0.15) is 16.7 Å². The molecule has 0 aliphatic heterocycles. The highest BCUT2D eigenvalue weighted by molar-refractivity contribution is 6.31. The molecule has 0 radical (unpaired) electrons. The van der Waals surface area contributed by atoms with Gasteiger partial charge in [-0.3, -0.25) is 0 Å². The van der Waals surface area contributed by atoms with Crippen LogP contribution in [-0.4, -0.2) is 6.03 Å². The van der Waals surface area contributed by atoms with Crippen LogP contribution in [0.15, 0.2) is 36.4 Å². The predicted molar refractivity (Wildman–Crippen MR) is 84.7 cm³/mol. The number of benzene rings is 2. The zero-order chi connectivity index (χ0) is 14.7. The van der Waals surface area contributed by atoms with Crippen LogP contribution in [0.25, 0.3) is 0 Å². The Morgan fingerprint density at radius 2 is 1.40 bits per heavy atom. The van der Waals surface area contributed by atoms with E-state index in [0.717, 1.165) is 16.8 Å². The third-order valence-electron chi connectivity index (χ3n) is 3.19. The van der Waals surface area contributed by atoms with Gasteiger partial charge in [0.2, 0.25) is 0 Å². The Morgan fingerprint density at radius 1 is 0.850 bits per heavy atom. The van der Waals surface area contributed by atoms with Gasteiger partial charge in [0.05, 0.1) is 0 Å². The fourth-order valence-corrected chi connectivity index (χ4v) is 1.96. The molecule has 0 fully saturated rings. The highest BCUT2D eigenvalue weighted by Gasteiger charge is 2.05. The highest BCUT2D eigenvalue weighted by Crippen LogP contribution is 2.20. The standard InChI is InChI=1S/C16H17ClN2O/c1-10-4-6-13(8-12(10)3)18-16(20)19-14-7-5-11(2)15(17)9-14/h4-9H,1-3H3,(H2,18,19,20). The van der Waals surface area contributed by atoms with E-state index in [9.17, 15) is 4.79 Å². The number of hydrogen-bond acceptors (Lipinski definition) is 1. The number of carbonyl (C=O) groups is 1. The number of carbonyl (C=O) groups excluding carboxylic acids is 1. The van der Waals surface area contributed by atoms with E-state index in [1.807, 2.05) is 51.1 Å². The maximum absolute atomic E-state index is 11.9. The van der Waals surface area contributed by atoms with Gasteiger partial charge in [0, 0.05) is 16.4 Å². The highest BCUT2D eigenvalue weighted by atomic mass is 35.5. The van der Waals surface area contributed by atoms with Crippen LogP contribution in [0.3, 0.4) is 0 Å². The van der Waals surface area contributed by atoms with Crippen LogP contribution in [-0.2, 0) is 0 Å². The molecular weight excluding hydrogens is 272 g/mol. The van der Waals surface area contributed by atoms with Gasteiger partial charge in [-0.15, -0.1) is 0 Å². The minimum absolute atomic E-state index is 0.284. The molecule has 0 aromatic heterocycles. The molecular formula is C16H17ClN2O. The Balaban J connectivity index is 2.04. The van der Waals surface area contributed by atoms with Gasteiger partial charge in [0.15, 0.2) is 0 Å². The normalized spacial score (nSPS) is 10.2. The summed E-state index contributed by atoms with van der Waals surface area (Å²) in [4.78, 5) is 11.9. The van der Waals surface area contributed by atoms with Crippen molar-refractivity contribution < 1.29 is 4.79 Å². The fourth-order valence-electron chi connectivity index (χ4n) is 1.78. The lowest BCUT2D eigenvalue weighted by Crippen LogP contribution is -2.19. The van der Waals surface area contributed by atoms with E-state index in [1.54, 1.807) is 6.07 Å². The first-order chi connectivity index (χ1) is 9.45. The van der Waals surface area contributed by atoms with Crippen molar-refractivity contribution in [2.75, 3.05) is 10.6 Å². The summed E-state index contributed by atoms with van der Waals surface area (Å²) in [6.07, 6.45) is 0. The molecule has 2 aromatic carbocycles. The van der Waals surface area contributed by atoms with Gasteiger partial charge in [-0.1, -0.05) is 23.7 Å². The van der Waals surface area contributed by atoms with Gasteiger partial charge >= 0.3 is 6.03 Å². The SMILES string of the molecule is Cc1ccc(NC(=O)Nc2ccc(C)c(Cl)c2)cc1C. The van der Waals surface area contributed by atoms with Crippen molar-refractivity contribution >= 4 is 29.0 Å². The molecule has 3 nitrogen and oxygen atoms in total. The average molecular weight is 289 g/mol. The lowest BCUT2D eigenvalue weighted by molar-refractivity contribution is 0.262. The summed E-state index contributed by atoms with van der Waals surface area (Å²) in [6.45, 7) is 5.97. The summed E-state index contributed by atoms with van der Waals surface area (Å²) in [7, 11) is 0. The van der Waals surface area contributed by atoms with Crippen molar-refractivity contribution in [3.63, 3.8) is 0 Å². The molecule has 20 heavy (non-hydrogen) atoms. The second-order valence-corrected chi connectivity index (χ2v) is 5.25. The summed E-state index contributed by atoms with van der Waals surface area (Å²) in [5.41, 5.74) is 4.75. The Morgan fingerprint density at radius 3 is 1.95 bits per heavy atom. The maximum atomic E-state index is 11.9. The number of urea groups is 1. The molecule has 2 amide bonds. The minimum atomic E-state index is -0.284. The molecule has 0 atom stereocenters. The summed E-state index contributed by atoms with van der Waals surface area (Å²) in [5, 5.41) is 6.19. The van der Waals surface area contributed by atoms with E-state index in [0.29, 0.717) is 10.7 Å². The van der Waals surface area contributed by atoms with Gasteiger partial charge in [-0.2, -0.15) is 0 Å². The van der Waals surface area contributed by atoms with E-state index in [1.165, 1.54) is 5.56 Å². The number of nitrogens with one attached hydrogen (secondary N) is 2. The minimum Gasteiger partial charge on any atom is -0.308 e.